The molecular formula is C12H14BN2O3. The zero-order valence-corrected chi connectivity index (χ0v) is 9.87. The van der Waals surface area contributed by atoms with Gasteiger partial charge in [0.15, 0.2) is 0 Å². The molecule has 0 aliphatic rings. The third-order valence-corrected chi connectivity index (χ3v) is 2.25. The smallest absolute Gasteiger partial charge is 0.534 e. The van der Waals surface area contributed by atoms with E-state index in [0.717, 1.165) is 17.7 Å². The van der Waals surface area contributed by atoms with E-state index < -0.39 is 5.97 Å². The Bertz CT molecular complexity index is 421. The molecule has 93 valence electrons. The molecular weight excluding hydrogens is 231 g/mol. The minimum Gasteiger partial charge on any atom is -0.534 e. The first-order valence-electron chi connectivity index (χ1n) is 5.54. The largest absolute Gasteiger partial charge is 0.542 e. The van der Waals surface area contributed by atoms with Gasteiger partial charge in [-0.15, -0.1) is 0 Å². The van der Waals surface area contributed by atoms with E-state index in [4.69, 9.17) is 10.5 Å². The minimum absolute atomic E-state index is 0.108. The van der Waals surface area contributed by atoms with Crippen molar-refractivity contribution in [2.75, 3.05) is 0 Å². The van der Waals surface area contributed by atoms with Crippen LogP contribution in [0, 0.1) is 5.41 Å². The first kappa shape index (κ1) is 14.0. The Morgan fingerprint density at radius 2 is 2.11 bits per heavy atom. The molecule has 0 fully saturated rings. The van der Waals surface area contributed by atoms with Gasteiger partial charge in [-0.3, -0.25) is 10.2 Å². The molecule has 1 rings (SSSR count). The monoisotopic (exact) mass is 245 g/mol. The molecule has 1 aromatic carbocycles. The van der Waals surface area contributed by atoms with Gasteiger partial charge in [0.2, 0.25) is 0 Å². The summed E-state index contributed by atoms with van der Waals surface area (Å²) in [4.78, 5) is 14.6. The summed E-state index contributed by atoms with van der Waals surface area (Å²) in [6.07, 6.45) is 1.95. The van der Waals surface area contributed by atoms with Crippen LogP contribution < -0.4 is 0 Å². The molecule has 6 heteroatoms. The molecule has 18 heavy (non-hydrogen) atoms. The molecule has 0 saturated carbocycles. The molecule has 0 unspecified atom stereocenters. The Labute approximate surface area is 106 Å². The average Bonchev–Trinajstić information content (AvgIpc) is 2.38. The fourth-order valence-electron chi connectivity index (χ4n) is 1.45. The summed E-state index contributed by atoms with van der Waals surface area (Å²) in [6, 6.07) is 9.48. The van der Waals surface area contributed by atoms with Crippen molar-refractivity contribution < 1.29 is 14.6 Å². The van der Waals surface area contributed by atoms with Crippen molar-refractivity contribution in [2.24, 2.45) is 4.90 Å². The van der Waals surface area contributed by atoms with E-state index in [1.54, 1.807) is 0 Å². The predicted molar refractivity (Wildman–Crippen MR) is 70.1 cm³/mol. The highest BCUT2D eigenvalue weighted by molar-refractivity contribution is 6.31. The highest BCUT2D eigenvalue weighted by Gasteiger charge is 2.05. The Kier molecular flexibility index (Phi) is 6.25. The number of hydrogen-bond donors (Lipinski definition) is 2. The molecule has 5 nitrogen and oxygen atoms in total. The molecule has 0 heterocycles. The Morgan fingerprint density at radius 1 is 1.39 bits per heavy atom. The zero-order chi connectivity index (χ0) is 13.2. The number of aliphatic carboxylic acids is 1. The van der Waals surface area contributed by atoms with Gasteiger partial charge in [0.1, 0.15) is 6.40 Å². The van der Waals surface area contributed by atoms with Crippen LogP contribution in [0.15, 0.2) is 35.2 Å². The second kappa shape index (κ2) is 8.05. The van der Waals surface area contributed by atoms with Crippen LogP contribution in [0.25, 0.3) is 0 Å². The molecule has 0 bridgehead atoms. The van der Waals surface area contributed by atoms with Crippen molar-refractivity contribution >= 4 is 25.7 Å². The molecule has 0 saturated heterocycles. The van der Waals surface area contributed by atoms with E-state index in [0.29, 0.717) is 12.8 Å². The highest BCUT2D eigenvalue weighted by Crippen LogP contribution is 2.08. The van der Waals surface area contributed by atoms with Crippen LogP contribution in [-0.4, -0.2) is 30.8 Å². The fourth-order valence-corrected chi connectivity index (χ4v) is 1.45. The lowest BCUT2D eigenvalue weighted by molar-refractivity contribution is -0.137. The van der Waals surface area contributed by atoms with Gasteiger partial charge in [-0.2, -0.15) is 0 Å². The van der Waals surface area contributed by atoms with Gasteiger partial charge in [0, 0.05) is 12.1 Å². The van der Waals surface area contributed by atoms with Gasteiger partial charge in [-0.05, 0) is 18.4 Å². The summed E-state index contributed by atoms with van der Waals surface area (Å²) in [5, 5.41) is 15.3. The summed E-state index contributed by atoms with van der Waals surface area (Å²) < 4.78 is 4.63. The standard InChI is InChI=1S/C12H14BN2O3/c14-9-18-13-15-11(7-4-8-12(16)17)10-5-2-1-3-6-10/h1-3,5-6,9,14H,4,7-8H2,(H,16,17)/b14-9?,15-11-. The zero-order valence-electron chi connectivity index (χ0n) is 9.87. The number of nitrogens with zero attached hydrogens (tertiary/aromatic N) is 1. The van der Waals surface area contributed by atoms with Crippen molar-refractivity contribution in [3.63, 3.8) is 0 Å². The fraction of sp³-hybridized carbons (Fsp3) is 0.250. The first-order valence-corrected chi connectivity index (χ1v) is 5.54. The van der Waals surface area contributed by atoms with Crippen LogP contribution in [0.5, 0.6) is 0 Å². The maximum Gasteiger partial charge on any atom is 0.542 e. The van der Waals surface area contributed by atoms with E-state index >= 15 is 0 Å². The number of benzene rings is 1. The molecule has 0 amide bonds. The van der Waals surface area contributed by atoms with Crippen molar-refractivity contribution in [1.82, 2.24) is 0 Å². The normalized spacial score (nSPS) is 10.8. The molecule has 0 spiro atoms. The van der Waals surface area contributed by atoms with Gasteiger partial charge in [-0.1, -0.05) is 30.3 Å². The number of carboxylic acids is 1. The van der Waals surface area contributed by atoms with E-state index in [1.807, 2.05) is 30.3 Å². The van der Waals surface area contributed by atoms with E-state index in [1.165, 1.54) is 7.62 Å². The van der Waals surface area contributed by atoms with Crippen molar-refractivity contribution in [3.8, 4) is 0 Å². The summed E-state index contributed by atoms with van der Waals surface area (Å²) in [6.45, 7) is 0. The Morgan fingerprint density at radius 3 is 2.72 bits per heavy atom. The van der Waals surface area contributed by atoms with Gasteiger partial charge in [-0.25, -0.2) is 0 Å². The second-order valence-corrected chi connectivity index (χ2v) is 3.55. The number of carbonyl (C=O) groups is 1. The third-order valence-electron chi connectivity index (χ3n) is 2.25. The molecule has 2 N–H and O–H groups in total. The van der Waals surface area contributed by atoms with Crippen molar-refractivity contribution in [1.29, 1.82) is 5.41 Å². The van der Waals surface area contributed by atoms with Crippen LogP contribution in [0.4, 0.5) is 0 Å². The SMILES string of the molecule is N=CO[B]/N=C(/CCCC(=O)O)c1ccccc1. The van der Waals surface area contributed by atoms with E-state index in [2.05, 4.69) is 9.56 Å². The summed E-state index contributed by atoms with van der Waals surface area (Å²) in [7, 11) is 1.18. The molecule has 0 aliphatic heterocycles. The van der Waals surface area contributed by atoms with Crippen LogP contribution >= 0.6 is 0 Å². The number of hydrogen-bond acceptors (Lipinski definition) is 4. The molecule has 0 atom stereocenters. The molecule has 0 aromatic heterocycles. The predicted octanol–water partition coefficient (Wildman–Crippen LogP) is 1.89. The maximum absolute atomic E-state index is 10.5. The summed E-state index contributed by atoms with van der Waals surface area (Å²) in [5.41, 5.74) is 1.67. The molecule has 0 aliphatic carbocycles. The van der Waals surface area contributed by atoms with Crippen molar-refractivity contribution in [2.45, 2.75) is 19.3 Å². The van der Waals surface area contributed by atoms with E-state index in [9.17, 15) is 4.79 Å². The summed E-state index contributed by atoms with van der Waals surface area (Å²) in [5.74, 6) is -0.817. The maximum atomic E-state index is 10.5. The van der Waals surface area contributed by atoms with Gasteiger partial charge in [0.05, 0.1) is 0 Å². The van der Waals surface area contributed by atoms with Crippen LogP contribution in [0.2, 0.25) is 0 Å². The average molecular weight is 245 g/mol. The minimum atomic E-state index is -0.817. The number of rotatable bonds is 8. The van der Waals surface area contributed by atoms with Crippen LogP contribution in [0.1, 0.15) is 24.8 Å². The summed E-state index contributed by atoms with van der Waals surface area (Å²) >= 11 is 0. The van der Waals surface area contributed by atoms with E-state index in [-0.39, 0.29) is 6.42 Å². The topological polar surface area (TPSA) is 82.7 Å². The third kappa shape index (κ3) is 5.29. The van der Waals surface area contributed by atoms with Crippen LogP contribution in [0.3, 0.4) is 0 Å². The second-order valence-electron chi connectivity index (χ2n) is 3.55. The van der Waals surface area contributed by atoms with Gasteiger partial charge in [0.25, 0.3) is 0 Å². The molecule has 1 aromatic rings. The number of nitrogens with one attached hydrogen (secondary N) is 1. The van der Waals surface area contributed by atoms with Crippen molar-refractivity contribution in [3.05, 3.63) is 35.9 Å². The quantitative estimate of drug-likeness (QED) is 0.317. The molecule has 1 radical (unpaired) electrons. The Hall–Kier alpha value is -2.11. The lowest BCUT2D eigenvalue weighted by Gasteiger charge is -2.05. The Balaban J connectivity index is 2.66. The van der Waals surface area contributed by atoms with Gasteiger partial charge < -0.3 is 14.7 Å². The number of carboxylic acid groups (broad SMARTS) is 1. The van der Waals surface area contributed by atoms with Gasteiger partial charge >= 0.3 is 13.6 Å². The first-order chi connectivity index (χ1) is 8.74. The van der Waals surface area contributed by atoms with Crippen LogP contribution in [-0.2, 0) is 9.45 Å². The lowest BCUT2D eigenvalue weighted by atomic mass is 10.0. The lowest BCUT2D eigenvalue weighted by Crippen LogP contribution is -2.06. The highest BCUT2D eigenvalue weighted by atomic mass is 16.4.